The number of para-hydroxylation sites is 1. The summed E-state index contributed by atoms with van der Waals surface area (Å²) < 4.78 is 2.04. The van der Waals surface area contributed by atoms with E-state index in [2.05, 4.69) is 16.1 Å². The van der Waals surface area contributed by atoms with E-state index in [1.807, 2.05) is 36.0 Å². The molecule has 0 aliphatic carbocycles. The summed E-state index contributed by atoms with van der Waals surface area (Å²) in [4.78, 5) is 2.76. The highest BCUT2D eigenvalue weighted by atomic mass is 15.1. The van der Waals surface area contributed by atoms with Crippen LogP contribution < -0.4 is 0 Å². The van der Waals surface area contributed by atoms with Crippen LogP contribution in [0.3, 0.4) is 0 Å². The summed E-state index contributed by atoms with van der Waals surface area (Å²) in [5.41, 5.74) is 10.5. The van der Waals surface area contributed by atoms with Gasteiger partial charge in [-0.3, -0.25) is 0 Å². The first kappa shape index (κ1) is 8.66. The van der Waals surface area contributed by atoms with Crippen molar-refractivity contribution in [2.45, 2.75) is 6.54 Å². The van der Waals surface area contributed by atoms with Crippen LogP contribution in [0.1, 0.15) is 5.56 Å². The van der Waals surface area contributed by atoms with Gasteiger partial charge in [-0.1, -0.05) is 23.3 Å². The van der Waals surface area contributed by atoms with E-state index in [0.717, 1.165) is 16.5 Å². The fraction of sp³-hybridized carbons (Fsp3) is 0.200. The van der Waals surface area contributed by atoms with Crippen LogP contribution in [0, 0.1) is 0 Å². The first-order valence-corrected chi connectivity index (χ1v) is 4.36. The Bertz CT molecular complexity index is 506. The zero-order valence-electron chi connectivity index (χ0n) is 7.88. The Kier molecular flexibility index (Phi) is 2.13. The lowest BCUT2D eigenvalue weighted by Gasteiger charge is -1.93. The number of aromatic nitrogens is 1. The highest BCUT2D eigenvalue weighted by Gasteiger charge is 2.03. The molecule has 0 aliphatic rings. The number of benzene rings is 1. The topological polar surface area (TPSA) is 53.7 Å². The number of hydrogen-bond donors (Lipinski definition) is 0. The summed E-state index contributed by atoms with van der Waals surface area (Å²) in [5.74, 6) is 0. The Morgan fingerprint density at radius 1 is 1.43 bits per heavy atom. The molecule has 2 aromatic rings. The molecular weight excluding hydrogens is 176 g/mol. The zero-order valence-corrected chi connectivity index (χ0v) is 7.88. The van der Waals surface area contributed by atoms with E-state index < -0.39 is 0 Å². The molecule has 0 saturated carbocycles. The van der Waals surface area contributed by atoms with E-state index in [-0.39, 0.29) is 0 Å². The van der Waals surface area contributed by atoms with Crippen molar-refractivity contribution in [1.29, 1.82) is 0 Å². The van der Waals surface area contributed by atoms with Gasteiger partial charge in [-0.05, 0) is 17.2 Å². The predicted molar refractivity (Wildman–Crippen MR) is 55.8 cm³/mol. The zero-order chi connectivity index (χ0) is 9.97. The smallest absolute Gasteiger partial charge is 0.0532 e. The van der Waals surface area contributed by atoms with Gasteiger partial charge < -0.3 is 4.57 Å². The first-order valence-electron chi connectivity index (χ1n) is 4.36. The largest absolute Gasteiger partial charge is 0.350 e. The van der Waals surface area contributed by atoms with Gasteiger partial charge in [-0.25, -0.2) is 0 Å². The Morgan fingerprint density at radius 2 is 2.21 bits per heavy atom. The van der Waals surface area contributed by atoms with Gasteiger partial charge in [-0.2, -0.15) is 0 Å². The number of hydrogen-bond acceptors (Lipinski definition) is 1. The van der Waals surface area contributed by atoms with Crippen molar-refractivity contribution in [3.63, 3.8) is 0 Å². The molecule has 14 heavy (non-hydrogen) atoms. The van der Waals surface area contributed by atoms with Crippen molar-refractivity contribution in [2.75, 3.05) is 0 Å². The van der Waals surface area contributed by atoms with Gasteiger partial charge in [-0.15, -0.1) is 0 Å². The monoisotopic (exact) mass is 186 g/mol. The van der Waals surface area contributed by atoms with Gasteiger partial charge >= 0.3 is 0 Å². The molecule has 1 aromatic carbocycles. The molecule has 0 unspecified atom stereocenters. The van der Waals surface area contributed by atoms with Crippen molar-refractivity contribution >= 4 is 10.9 Å². The summed E-state index contributed by atoms with van der Waals surface area (Å²) in [6.07, 6.45) is 2.00. The highest BCUT2D eigenvalue weighted by Crippen LogP contribution is 2.20. The van der Waals surface area contributed by atoms with Crippen LogP contribution >= 0.6 is 0 Å². The van der Waals surface area contributed by atoms with E-state index in [4.69, 9.17) is 5.53 Å². The molecule has 2 rings (SSSR count). The Hall–Kier alpha value is -1.93. The molecule has 0 amide bonds. The molecule has 0 bridgehead atoms. The van der Waals surface area contributed by atoms with Gasteiger partial charge in [0.15, 0.2) is 0 Å². The fourth-order valence-electron chi connectivity index (χ4n) is 1.66. The summed E-state index contributed by atoms with van der Waals surface area (Å²) >= 11 is 0. The van der Waals surface area contributed by atoms with E-state index in [0.29, 0.717) is 6.54 Å². The van der Waals surface area contributed by atoms with Crippen LogP contribution in [-0.4, -0.2) is 4.57 Å². The Labute approximate surface area is 81.4 Å². The molecule has 1 aromatic heterocycles. The average molecular weight is 186 g/mol. The van der Waals surface area contributed by atoms with Crippen LogP contribution in [0.25, 0.3) is 21.3 Å². The summed E-state index contributed by atoms with van der Waals surface area (Å²) in [6, 6.07) is 8.08. The number of fused-ring (bicyclic) bond motifs is 1. The third kappa shape index (κ3) is 1.32. The van der Waals surface area contributed by atoms with Crippen LogP contribution in [0.5, 0.6) is 0 Å². The molecule has 0 aliphatic heterocycles. The molecule has 1 heterocycles. The summed E-state index contributed by atoms with van der Waals surface area (Å²) in [5, 5.41) is 4.73. The lowest BCUT2D eigenvalue weighted by molar-refractivity contribution is 0.946. The Morgan fingerprint density at radius 3 is 3.00 bits per heavy atom. The molecular formula is C10H10N4. The first-order chi connectivity index (χ1) is 6.83. The number of aryl methyl sites for hydroxylation is 1. The van der Waals surface area contributed by atoms with Gasteiger partial charge in [0.1, 0.15) is 0 Å². The molecule has 0 N–H and O–H groups in total. The van der Waals surface area contributed by atoms with Crippen LogP contribution in [0.15, 0.2) is 35.6 Å². The molecule has 4 heteroatoms. The average Bonchev–Trinajstić information content (AvgIpc) is 2.54. The molecule has 0 radical (unpaired) electrons. The minimum absolute atomic E-state index is 0.415. The SMILES string of the molecule is Cn1cc(CN=[N+]=[N-])c2ccccc21. The van der Waals surface area contributed by atoms with Crippen LogP contribution in [0.4, 0.5) is 0 Å². The predicted octanol–water partition coefficient (Wildman–Crippen LogP) is 2.99. The van der Waals surface area contributed by atoms with Crippen molar-refractivity contribution in [1.82, 2.24) is 4.57 Å². The quantitative estimate of drug-likeness (QED) is 0.393. The second kappa shape index (κ2) is 3.44. The standard InChI is InChI=1S/C10H10N4/c1-14-7-8(6-12-13-11)9-4-2-3-5-10(9)14/h2-5,7H,6H2,1H3. The summed E-state index contributed by atoms with van der Waals surface area (Å²) in [7, 11) is 1.99. The van der Waals surface area contributed by atoms with Crippen molar-refractivity contribution < 1.29 is 0 Å². The maximum atomic E-state index is 8.26. The minimum Gasteiger partial charge on any atom is -0.350 e. The fourth-order valence-corrected chi connectivity index (χ4v) is 1.66. The number of nitrogens with zero attached hydrogens (tertiary/aromatic N) is 4. The van der Waals surface area contributed by atoms with E-state index in [1.54, 1.807) is 0 Å². The van der Waals surface area contributed by atoms with E-state index in [1.165, 1.54) is 0 Å². The van der Waals surface area contributed by atoms with Gasteiger partial charge in [0, 0.05) is 29.1 Å². The van der Waals surface area contributed by atoms with Crippen molar-refractivity contribution in [2.24, 2.45) is 12.2 Å². The van der Waals surface area contributed by atoms with Crippen molar-refractivity contribution in [3.8, 4) is 0 Å². The Balaban J connectivity index is 2.60. The third-order valence-electron chi connectivity index (χ3n) is 2.28. The van der Waals surface area contributed by atoms with Gasteiger partial charge in [0.25, 0.3) is 0 Å². The second-order valence-electron chi connectivity index (χ2n) is 3.17. The minimum atomic E-state index is 0.415. The maximum Gasteiger partial charge on any atom is 0.0532 e. The van der Waals surface area contributed by atoms with Crippen LogP contribution in [0.2, 0.25) is 0 Å². The maximum absolute atomic E-state index is 8.26. The lowest BCUT2D eigenvalue weighted by Crippen LogP contribution is -1.81. The molecule has 0 spiro atoms. The second-order valence-corrected chi connectivity index (χ2v) is 3.17. The normalized spacial score (nSPS) is 10.1. The van der Waals surface area contributed by atoms with Gasteiger partial charge in [0.2, 0.25) is 0 Å². The number of azide groups is 1. The molecule has 0 saturated heterocycles. The highest BCUT2D eigenvalue weighted by molar-refractivity contribution is 5.83. The molecule has 0 fully saturated rings. The van der Waals surface area contributed by atoms with E-state index >= 15 is 0 Å². The van der Waals surface area contributed by atoms with E-state index in [9.17, 15) is 0 Å². The number of rotatable bonds is 2. The van der Waals surface area contributed by atoms with Gasteiger partial charge in [0.05, 0.1) is 6.54 Å². The molecule has 4 nitrogen and oxygen atoms in total. The third-order valence-corrected chi connectivity index (χ3v) is 2.28. The van der Waals surface area contributed by atoms with Crippen LogP contribution in [-0.2, 0) is 13.6 Å². The lowest BCUT2D eigenvalue weighted by atomic mass is 10.2. The summed E-state index contributed by atoms with van der Waals surface area (Å²) in [6.45, 7) is 0.415. The molecule has 0 atom stereocenters. The molecule has 70 valence electrons. The van der Waals surface area contributed by atoms with Crippen molar-refractivity contribution in [3.05, 3.63) is 46.5 Å².